The van der Waals surface area contributed by atoms with Crippen LogP contribution in [0, 0.1) is 10.1 Å². The first-order valence-electron chi connectivity index (χ1n) is 8.56. The van der Waals surface area contributed by atoms with Crippen molar-refractivity contribution in [3.63, 3.8) is 0 Å². The lowest BCUT2D eigenvalue weighted by Crippen LogP contribution is -2.08. The van der Waals surface area contributed by atoms with E-state index in [0.29, 0.717) is 10.9 Å². The van der Waals surface area contributed by atoms with E-state index in [4.69, 9.17) is 0 Å². The molecule has 0 heterocycles. The van der Waals surface area contributed by atoms with Gasteiger partial charge >= 0.3 is 5.97 Å². The van der Waals surface area contributed by atoms with Crippen molar-refractivity contribution < 1.29 is 22.9 Å². The summed E-state index contributed by atoms with van der Waals surface area (Å²) in [6.45, 7) is 0. The molecule has 3 aromatic rings. The van der Waals surface area contributed by atoms with Crippen LogP contribution >= 0.6 is 0 Å². The van der Waals surface area contributed by atoms with Crippen LogP contribution in [0.1, 0.15) is 11.1 Å². The van der Waals surface area contributed by atoms with Crippen molar-refractivity contribution in [2.45, 2.75) is 10.6 Å². The van der Waals surface area contributed by atoms with Crippen LogP contribution in [0.4, 0.5) is 5.69 Å². The van der Waals surface area contributed by atoms with Crippen LogP contribution in [0.15, 0.2) is 71.6 Å². The molecule has 0 aliphatic carbocycles. The number of rotatable bonds is 6. The molecule has 0 bridgehead atoms. The van der Waals surface area contributed by atoms with Gasteiger partial charge in [-0.1, -0.05) is 36.4 Å². The van der Waals surface area contributed by atoms with Crippen LogP contribution in [0.3, 0.4) is 0 Å². The topological polar surface area (TPSA) is 104 Å². The standard InChI is InChI=1S/C21H17NO6S/c1-28-21(23)12-10-15-9-11-19(22(24)25)17(13-15)14-29(26,27)20-8-4-6-16-5-2-3-7-18(16)20/h2-13H,14H2,1H3/b12-10+. The Kier molecular flexibility index (Phi) is 5.74. The zero-order valence-electron chi connectivity index (χ0n) is 15.4. The van der Waals surface area contributed by atoms with Crippen molar-refractivity contribution in [2.24, 2.45) is 0 Å². The van der Waals surface area contributed by atoms with E-state index in [9.17, 15) is 23.3 Å². The van der Waals surface area contributed by atoms with Crippen LogP contribution in [0.2, 0.25) is 0 Å². The fourth-order valence-electron chi connectivity index (χ4n) is 2.98. The molecule has 3 rings (SSSR count). The number of nitro benzene ring substituents is 1. The Morgan fingerprint density at radius 3 is 2.55 bits per heavy atom. The second kappa shape index (κ2) is 8.24. The minimum absolute atomic E-state index is 0.0370. The van der Waals surface area contributed by atoms with Crippen molar-refractivity contribution in [3.05, 3.63) is 88.0 Å². The summed E-state index contributed by atoms with van der Waals surface area (Å²) in [6, 6.07) is 16.0. The summed E-state index contributed by atoms with van der Waals surface area (Å²) in [7, 11) is -2.64. The van der Waals surface area contributed by atoms with Crippen molar-refractivity contribution in [1.29, 1.82) is 0 Å². The molecule has 0 fully saturated rings. The number of ether oxygens (including phenoxy) is 1. The summed E-state index contributed by atoms with van der Waals surface area (Å²) in [5, 5.41) is 12.7. The molecule has 3 aromatic carbocycles. The summed E-state index contributed by atoms with van der Waals surface area (Å²) in [5.74, 6) is -1.13. The summed E-state index contributed by atoms with van der Waals surface area (Å²) in [6.07, 6.45) is 2.56. The van der Waals surface area contributed by atoms with Crippen molar-refractivity contribution in [2.75, 3.05) is 7.11 Å². The van der Waals surface area contributed by atoms with Gasteiger partial charge in [-0.05, 0) is 35.2 Å². The lowest BCUT2D eigenvalue weighted by Gasteiger charge is -2.09. The minimum atomic E-state index is -3.87. The molecule has 0 amide bonds. The quantitative estimate of drug-likeness (QED) is 0.264. The molecule has 29 heavy (non-hydrogen) atoms. The van der Waals surface area contributed by atoms with E-state index in [-0.39, 0.29) is 16.1 Å². The number of fused-ring (bicyclic) bond motifs is 1. The molecule has 0 radical (unpaired) electrons. The van der Waals surface area contributed by atoms with E-state index in [1.54, 1.807) is 36.4 Å². The third-order valence-electron chi connectivity index (χ3n) is 4.34. The summed E-state index contributed by atoms with van der Waals surface area (Å²) >= 11 is 0. The number of esters is 1. The number of carbonyl (C=O) groups excluding carboxylic acids is 1. The number of methoxy groups -OCH3 is 1. The minimum Gasteiger partial charge on any atom is -0.466 e. The Morgan fingerprint density at radius 1 is 1.10 bits per heavy atom. The summed E-state index contributed by atoms with van der Waals surface area (Å²) in [5.41, 5.74) is 0.183. The van der Waals surface area contributed by atoms with E-state index in [0.717, 1.165) is 11.5 Å². The second-order valence-electron chi connectivity index (χ2n) is 6.24. The zero-order chi connectivity index (χ0) is 21.0. The van der Waals surface area contributed by atoms with E-state index in [1.807, 2.05) is 0 Å². The van der Waals surface area contributed by atoms with Gasteiger partial charge in [0.1, 0.15) is 0 Å². The molecule has 0 atom stereocenters. The van der Waals surface area contributed by atoms with Gasteiger partial charge in [0.2, 0.25) is 0 Å². The number of sulfone groups is 1. The van der Waals surface area contributed by atoms with Gasteiger partial charge in [-0.15, -0.1) is 0 Å². The maximum Gasteiger partial charge on any atom is 0.330 e. The lowest BCUT2D eigenvalue weighted by molar-refractivity contribution is -0.385. The highest BCUT2D eigenvalue weighted by Gasteiger charge is 2.23. The maximum atomic E-state index is 13.1. The van der Waals surface area contributed by atoms with Gasteiger partial charge in [0, 0.05) is 23.1 Å². The molecular weight excluding hydrogens is 394 g/mol. The Hall–Kier alpha value is -3.52. The number of nitro groups is 1. The van der Waals surface area contributed by atoms with Gasteiger partial charge < -0.3 is 4.74 Å². The molecule has 0 N–H and O–H groups in total. The highest BCUT2D eigenvalue weighted by atomic mass is 32.2. The number of carbonyl (C=O) groups is 1. The largest absolute Gasteiger partial charge is 0.466 e. The molecule has 0 unspecified atom stereocenters. The van der Waals surface area contributed by atoms with Crippen molar-refractivity contribution in [3.8, 4) is 0 Å². The van der Waals surface area contributed by atoms with Crippen LogP contribution in [-0.4, -0.2) is 26.4 Å². The molecule has 7 nitrogen and oxygen atoms in total. The molecular formula is C21H17NO6S. The molecule has 0 saturated heterocycles. The van der Waals surface area contributed by atoms with Gasteiger partial charge in [-0.25, -0.2) is 13.2 Å². The Labute approximate surface area is 167 Å². The van der Waals surface area contributed by atoms with Gasteiger partial charge in [-0.3, -0.25) is 10.1 Å². The molecule has 0 aliphatic heterocycles. The van der Waals surface area contributed by atoms with E-state index >= 15 is 0 Å². The highest BCUT2D eigenvalue weighted by Crippen LogP contribution is 2.29. The van der Waals surface area contributed by atoms with Crippen LogP contribution in [-0.2, 0) is 25.1 Å². The molecule has 8 heteroatoms. The number of nitrogens with zero attached hydrogens (tertiary/aromatic N) is 1. The van der Waals surface area contributed by atoms with Crippen LogP contribution < -0.4 is 0 Å². The molecule has 0 saturated carbocycles. The number of hydrogen-bond acceptors (Lipinski definition) is 6. The van der Waals surface area contributed by atoms with E-state index in [1.165, 1.54) is 37.5 Å². The molecule has 148 valence electrons. The Morgan fingerprint density at radius 2 is 1.83 bits per heavy atom. The first-order valence-corrected chi connectivity index (χ1v) is 10.2. The van der Waals surface area contributed by atoms with Gasteiger partial charge in [0.15, 0.2) is 9.84 Å². The highest BCUT2D eigenvalue weighted by molar-refractivity contribution is 7.90. The summed E-state index contributed by atoms with van der Waals surface area (Å²) in [4.78, 5) is 22.2. The van der Waals surface area contributed by atoms with Crippen molar-refractivity contribution >= 4 is 38.3 Å². The van der Waals surface area contributed by atoms with Gasteiger partial charge in [0.05, 0.1) is 22.7 Å². The predicted octanol–water partition coefficient (Wildman–Crippen LogP) is 3.91. The van der Waals surface area contributed by atoms with Crippen LogP contribution in [0.5, 0.6) is 0 Å². The monoisotopic (exact) mass is 411 g/mol. The van der Waals surface area contributed by atoms with E-state index in [2.05, 4.69) is 4.74 Å². The average molecular weight is 411 g/mol. The molecule has 0 spiro atoms. The first-order chi connectivity index (χ1) is 13.8. The maximum absolute atomic E-state index is 13.1. The van der Waals surface area contributed by atoms with Gasteiger partial charge in [-0.2, -0.15) is 0 Å². The predicted molar refractivity (Wildman–Crippen MR) is 109 cm³/mol. The van der Waals surface area contributed by atoms with Crippen molar-refractivity contribution in [1.82, 2.24) is 0 Å². The molecule has 0 aliphatic rings. The first kappa shape index (κ1) is 20.2. The SMILES string of the molecule is COC(=O)/C=C/c1ccc([N+](=O)[O-])c(CS(=O)(=O)c2cccc3ccccc23)c1. The van der Waals surface area contributed by atoms with Crippen LogP contribution in [0.25, 0.3) is 16.8 Å². The average Bonchev–Trinajstić information content (AvgIpc) is 2.71. The Bertz CT molecular complexity index is 1230. The second-order valence-corrected chi connectivity index (χ2v) is 8.20. The fraction of sp³-hybridized carbons (Fsp3) is 0.0952. The zero-order valence-corrected chi connectivity index (χ0v) is 16.3. The lowest BCUT2D eigenvalue weighted by atomic mass is 10.1. The number of benzene rings is 3. The Balaban J connectivity index is 2.06. The summed E-state index contributed by atoms with van der Waals surface area (Å²) < 4.78 is 30.7. The third kappa shape index (κ3) is 4.49. The fourth-order valence-corrected chi connectivity index (χ4v) is 4.59. The third-order valence-corrected chi connectivity index (χ3v) is 6.06. The van der Waals surface area contributed by atoms with Gasteiger partial charge in [0.25, 0.3) is 5.69 Å². The number of hydrogen-bond donors (Lipinski definition) is 0. The molecule has 0 aromatic heterocycles. The smallest absolute Gasteiger partial charge is 0.330 e. The normalized spacial score (nSPS) is 11.6. The van der Waals surface area contributed by atoms with E-state index < -0.39 is 26.5 Å².